The Morgan fingerprint density at radius 2 is 2.14 bits per heavy atom. The first-order chi connectivity index (χ1) is 9.79. The Morgan fingerprint density at radius 3 is 2.76 bits per heavy atom. The standard InChI is InChI=1S/C16H23NO3S/c1-16(2,3)10-4-5-11-12(9-21-13(11)8-10)15(20)17-7-6-14(18)19/h9-10H,4-8H2,1-3H3,(H,17,20)(H,18,19). The molecular weight excluding hydrogens is 286 g/mol. The topological polar surface area (TPSA) is 66.4 Å². The van der Waals surface area contributed by atoms with Crippen LogP contribution in [-0.4, -0.2) is 23.5 Å². The van der Waals surface area contributed by atoms with E-state index in [0.717, 1.165) is 24.8 Å². The summed E-state index contributed by atoms with van der Waals surface area (Å²) in [6.45, 7) is 7.00. The number of fused-ring (bicyclic) bond motifs is 1. The molecule has 1 aromatic rings. The van der Waals surface area contributed by atoms with Crippen molar-refractivity contribution in [2.24, 2.45) is 11.3 Å². The van der Waals surface area contributed by atoms with Gasteiger partial charge in [0.25, 0.3) is 5.91 Å². The van der Waals surface area contributed by atoms with Gasteiger partial charge in [-0.15, -0.1) is 11.3 Å². The summed E-state index contributed by atoms with van der Waals surface area (Å²) in [6.07, 6.45) is 3.07. The molecule has 0 aromatic carbocycles. The van der Waals surface area contributed by atoms with Crippen LogP contribution in [0.3, 0.4) is 0 Å². The summed E-state index contributed by atoms with van der Waals surface area (Å²) in [7, 11) is 0. The van der Waals surface area contributed by atoms with Gasteiger partial charge in [-0.25, -0.2) is 0 Å². The zero-order valence-corrected chi connectivity index (χ0v) is 13.7. The van der Waals surface area contributed by atoms with Crippen molar-refractivity contribution in [3.63, 3.8) is 0 Å². The second-order valence-electron chi connectivity index (χ2n) is 6.76. The summed E-state index contributed by atoms with van der Waals surface area (Å²) in [5, 5.41) is 13.2. The van der Waals surface area contributed by atoms with Gasteiger partial charge < -0.3 is 10.4 Å². The summed E-state index contributed by atoms with van der Waals surface area (Å²) in [6, 6.07) is 0. The van der Waals surface area contributed by atoms with E-state index in [4.69, 9.17) is 5.11 Å². The van der Waals surface area contributed by atoms with Crippen LogP contribution in [0.1, 0.15) is 54.4 Å². The molecular formula is C16H23NO3S. The molecule has 5 heteroatoms. The van der Waals surface area contributed by atoms with Crippen LogP contribution in [0.4, 0.5) is 0 Å². The number of hydrogen-bond acceptors (Lipinski definition) is 3. The molecule has 2 rings (SSSR count). The van der Waals surface area contributed by atoms with E-state index in [1.54, 1.807) is 11.3 Å². The lowest BCUT2D eigenvalue weighted by molar-refractivity contribution is -0.136. The summed E-state index contributed by atoms with van der Waals surface area (Å²) in [5.74, 6) is -0.370. The lowest BCUT2D eigenvalue weighted by atomic mass is 9.72. The van der Waals surface area contributed by atoms with Crippen LogP contribution in [0.25, 0.3) is 0 Å². The minimum Gasteiger partial charge on any atom is -0.481 e. The number of carbonyl (C=O) groups excluding carboxylic acids is 1. The third-order valence-electron chi connectivity index (χ3n) is 4.25. The summed E-state index contributed by atoms with van der Waals surface area (Å²) < 4.78 is 0. The molecule has 0 fully saturated rings. The molecule has 1 unspecified atom stereocenters. The van der Waals surface area contributed by atoms with Crippen molar-refractivity contribution in [1.82, 2.24) is 5.32 Å². The maximum Gasteiger partial charge on any atom is 0.305 e. The Kier molecular flexibility index (Phi) is 4.71. The van der Waals surface area contributed by atoms with E-state index in [2.05, 4.69) is 26.1 Å². The minimum atomic E-state index is -0.893. The van der Waals surface area contributed by atoms with Crippen LogP contribution in [0.5, 0.6) is 0 Å². The highest BCUT2D eigenvalue weighted by Gasteiger charge is 2.31. The molecule has 21 heavy (non-hydrogen) atoms. The first kappa shape index (κ1) is 16.0. The second-order valence-corrected chi connectivity index (χ2v) is 7.72. The number of rotatable bonds is 4. The largest absolute Gasteiger partial charge is 0.481 e. The van der Waals surface area contributed by atoms with Crippen molar-refractivity contribution in [3.8, 4) is 0 Å². The van der Waals surface area contributed by atoms with Gasteiger partial charge in [-0.1, -0.05) is 20.8 Å². The van der Waals surface area contributed by atoms with E-state index in [0.29, 0.717) is 11.3 Å². The maximum absolute atomic E-state index is 12.1. The molecule has 1 heterocycles. The molecule has 0 saturated heterocycles. The van der Waals surface area contributed by atoms with Crippen LogP contribution in [0, 0.1) is 11.3 Å². The monoisotopic (exact) mass is 309 g/mol. The van der Waals surface area contributed by atoms with Gasteiger partial charge in [-0.2, -0.15) is 0 Å². The van der Waals surface area contributed by atoms with Crippen molar-refractivity contribution in [3.05, 3.63) is 21.4 Å². The highest BCUT2D eigenvalue weighted by Crippen LogP contribution is 2.40. The van der Waals surface area contributed by atoms with Gasteiger partial charge in [-0.05, 0) is 36.2 Å². The molecule has 4 nitrogen and oxygen atoms in total. The van der Waals surface area contributed by atoms with Gasteiger partial charge in [0.15, 0.2) is 0 Å². The van der Waals surface area contributed by atoms with Crippen molar-refractivity contribution in [2.75, 3.05) is 6.54 Å². The van der Waals surface area contributed by atoms with Gasteiger partial charge in [0.05, 0.1) is 12.0 Å². The van der Waals surface area contributed by atoms with E-state index >= 15 is 0 Å². The highest BCUT2D eigenvalue weighted by atomic mass is 32.1. The van der Waals surface area contributed by atoms with Crippen LogP contribution in [0.2, 0.25) is 0 Å². The minimum absolute atomic E-state index is 0.0375. The fraction of sp³-hybridized carbons (Fsp3) is 0.625. The number of carboxylic acids is 1. The zero-order chi connectivity index (χ0) is 15.6. The van der Waals surface area contributed by atoms with Gasteiger partial charge in [0, 0.05) is 16.8 Å². The van der Waals surface area contributed by atoms with Crippen LogP contribution >= 0.6 is 11.3 Å². The van der Waals surface area contributed by atoms with Crippen molar-refractivity contribution < 1.29 is 14.7 Å². The summed E-state index contributed by atoms with van der Waals surface area (Å²) in [4.78, 5) is 23.9. The molecule has 116 valence electrons. The number of amides is 1. The molecule has 1 aliphatic carbocycles. The third kappa shape index (κ3) is 3.84. The lowest BCUT2D eigenvalue weighted by Crippen LogP contribution is -2.29. The first-order valence-corrected chi connectivity index (χ1v) is 8.26. The number of hydrogen-bond donors (Lipinski definition) is 2. The maximum atomic E-state index is 12.1. The Balaban J connectivity index is 2.04. The van der Waals surface area contributed by atoms with Crippen molar-refractivity contribution in [2.45, 2.75) is 46.5 Å². The fourth-order valence-corrected chi connectivity index (χ4v) is 3.98. The molecule has 1 aliphatic rings. The van der Waals surface area contributed by atoms with Gasteiger partial charge in [0.1, 0.15) is 0 Å². The summed E-state index contributed by atoms with van der Waals surface area (Å²) >= 11 is 1.66. The Hall–Kier alpha value is -1.36. The molecule has 1 aromatic heterocycles. The average molecular weight is 309 g/mol. The third-order valence-corrected chi connectivity index (χ3v) is 5.30. The number of aliphatic carboxylic acids is 1. The van der Waals surface area contributed by atoms with Crippen LogP contribution in [0.15, 0.2) is 5.38 Å². The Labute approximate surface area is 129 Å². The number of carbonyl (C=O) groups is 2. The van der Waals surface area contributed by atoms with Gasteiger partial charge >= 0.3 is 5.97 Å². The molecule has 0 bridgehead atoms. The quantitative estimate of drug-likeness (QED) is 0.898. The Bertz CT molecular complexity index is 542. The van der Waals surface area contributed by atoms with E-state index in [-0.39, 0.29) is 18.9 Å². The molecule has 1 amide bonds. The predicted octanol–water partition coefficient (Wildman–Crippen LogP) is 3.10. The number of nitrogens with one attached hydrogen (secondary N) is 1. The molecule has 0 saturated carbocycles. The normalized spacial score (nSPS) is 18.1. The SMILES string of the molecule is CC(C)(C)C1CCc2c(C(=O)NCCC(=O)O)csc2C1. The van der Waals surface area contributed by atoms with E-state index in [9.17, 15) is 9.59 Å². The van der Waals surface area contributed by atoms with Crippen molar-refractivity contribution >= 4 is 23.2 Å². The number of carboxylic acid groups (broad SMARTS) is 1. The Morgan fingerprint density at radius 1 is 1.43 bits per heavy atom. The van der Waals surface area contributed by atoms with Gasteiger partial charge in [0.2, 0.25) is 0 Å². The highest BCUT2D eigenvalue weighted by molar-refractivity contribution is 7.10. The van der Waals surface area contributed by atoms with Gasteiger partial charge in [-0.3, -0.25) is 9.59 Å². The zero-order valence-electron chi connectivity index (χ0n) is 12.9. The smallest absolute Gasteiger partial charge is 0.305 e. The molecule has 2 N–H and O–H groups in total. The first-order valence-electron chi connectivity index (χ1n) is 7.38. The van der Waals surface area contributed by atoms with E-state index in [1.165, 1.54) is 10.4 Å². The van der Waals surface area contributed by atoms with E-state index < -0.39 is 5.97 Å². The van der Waals surface area contributed by atoms with Crippen molar-refractivity contribution in [1.29, 1.82) is 0 Å². The predicted molar refractivity (Wildman–Crippen MR) is 83.9 cm³/mol. The molecule has 0 radical (unpaired) electrons. The molecule has 1 atom stereocenters. The summed E-state index contributed by atoms with van der Waals surface area (Å²) in [5.41, 5.74) is 2.21. The fourth-order valence-electron chi connectivity index (χ4n) is 2.82. The molecule has 0 spiro atoms. The number of thiophene rings is 1. The lowest BCUT2D eigenvalue weighted by Gasteiger charge is -2.34. The second kappa shape index (κ2) is 6.18. The van der Waals surface area contributed by atoms with E-state index in [1.807, 2.05) is 5.38 Å². The van der Waals surface area contributed by atoms with Crippen LogP contribution < -0.4 is 5.32 Å². The molecule has 0 aliphatic heterocycles. The van der Waals surface area contributed by atoms with Crippen LogP contribution in [-0.2, 0) is 17.6 Å². The average Bonchev–Trinajstić information content (AvgIpc) is 2.79.